The molecule has 1 unspecified atom stereocenters. The normalized spacial score (nSPS) is 15.6. The van der Waals surface area contributed by atoms with Crippen LogP contribution in [0.25, 0.3) is 16.5 Å². The van der Waals surface area contributed by atoms with E-state index in [2.05, 4.69) is 34.5 Å². The third kappa shape index (κ3) is 4.13. The highest BCUT2D eigenvalue weighted by molar-refractivity contribution is 6.01. The van der Waals surface area contributed by atoms with E-state index in [0.29, 0.717) is 5.56 Å². The molecule has 146 valence electrons. The highest BCUT2D eigenvalue weighted by atomic mass is 35.5. The number of nitrogens with one attached hydrogen (secondary N) is 2. The van der Waals surface area contributed by atoms with Crippen LogP contribution in [-0.4, -0.2) is 35.9 Å². The van der Waals surface area contributed by atoms with Gasteiger partial charge in [0.05, 0.1) is 6.04 Å². The van der Waals surface area contributed by atoms with E-state index in [0.717, 1.165) is 36.0 Å². The molecule has 4 rings (SSSR count). The van der Waals surface area contributed by atoms with E-state index < -0.39 is 0 Å². The summed E-state index contributed by atoms with van der Waals surface area (Å²) >= 11 is 0. The van der Waals surface area contributed by atoms with Crippen LogP contribution in [0.2, 0.25) is 0 Å². The van der Waals surface area contributed by atoms with Crippen LogP contribution < -0.4 is 5.32 Å². The van der Waals surface area contributed by atoms with Crippen LogP contribution in [0.5, 0.6) is 0 Å². The molecule has 0 saturated carbocycles. The van der Waals surface area contributed by atoms with Crippen molar-refractivity contribution < 1.29 is 4.79 Å². The van der Waals surface area contributed by atoms with Gasteiger partial charge in [-0.1, -0.05) is 36.4 Å². The number of nitrogens with zero attached hydrogens (tertiary/aromatic N) is 1. The van der Waals surface area contributed by atoms with Gasteiger partial charge in [0.2, 0.25) is 0 Å². The van der Waals surface area contributed by atoms with Crippen LogP contribution in [-0.2, 0) is 0 Å². The van der Waals surface area contributed by atoms with E-state index in [1.807, 2.05) is 55.5 Å². The Hall–Kier alpha value is -2.56. The minimum atomic E-state index is -0.0437. The number of carbonyl (C=O) groups is 1. The highest BCUT2D eigenvalue weighted by Crippen LogP contribution is 2.29. The first-order chi connectivity index (χ1) is 13.1. The predicted molar refractivity (Wildman–Crippen MR) is 118 cm³/mol. The molecule has 0 fully saturated rings. The Kier molecular flexibility index (Phi) is 6.22. The molecule has 0 saturated heterocycles. The summed E-state index contributed by atoms with van der Waals surface area (Å²) in [6, 6.07) is 15.9. The van der Waals surface area contributed by atoms with Gasteiger partial charge in [-0.3, -0.25) is 4.79 Å². The summed E-state index contributed by atoms with van der Waals surface area (Å²) in [7, 11) is 2.14. The Morgan fingerprint density at radius 1 is 1.18 bits per heavy atom. The van der Waals surface area contributed by atoms with Crippen molar-refractivity contribution in [2.75, 3.05) is 20.1 Å². The lowest BCUT2D eigenvalue weighted by atomic mass is 9.98. The molecule has 5 heteroatoms. The quantitative estimate of drug-likeness (QED) is 0.666. The van der Waals surface area contributed by atoms with Crippen LogP contribution in [0.4, 0.5) is 0 Å². The van der Waals surface area contributed by atoms with Crippen LogP contribution in [0.1, 0.15) is 40.9 Å². The Balaban J connectivity index is 0.00000225. The van der Waals surface area contributed by atoms with Crippen molar-refractivity contribution in [1.29, 1.82) is 0 Å². The number of fused-ring (bicyclic) bond motifs is 1. The molecule has 3 aromatic rings. The Labute approximate surface area is 172 Å². The first-order valence-corrected chi connectivity index (χ1v) is 9.47. The van der Waals surface area contributed by atoms with Gasteiger partial charge in [-0.05, 0) is 49.7 Å². The minimum absolute atomic E-state index is 0. The molecule has 0 radical (unpaired) electrons. The highest BCUT2D eigenvalue weighted by Gasteiger charge is 2.16. The number of likely N-dealkylation sites (N-methyl/N-ethyl adjacent to an activating group) is 1. The van der Waals surface area contributed by atoms with Gasteiger partial charge < -0.3 is 15.2 Å². The lowest BCUT2D eigenvalue weighted by molar-refractivity contribution is 0.0940. The second kappa shape index (κ2) is 8.63. The third-order valence-electron chi connectivity index (χ3n) is 5.35. The lowest BCUT2D eigenvalue weighted by Crippen LogP contribution is -2.26. The number of hydrogen-bond acceptors (Lipinski definition) is 2. The maximum absolute atomic E-state index is 12.8. The van der Waals surface area contributed by atoms with Crippen molar-refractivity contribution in [1.82, 2.24) is 15.2 Å². The van der Waals surface area contributed by atoms with Gasteiger partial charge in [-0.25, -0.2) is 0 Å². The molecule has 0 bridgehead atoms. The molecule has 0 aliphatic carbocycles. The second-order valence-corrected chi connectivity index (χ2v) is 7.31. The van der Waals surface area contributed by atoms with E-state index in [4.69, 9.17) is 0 Å². The van der Waals surface area contributed by atoms with Gasteiger partial charge >= 0.3 is 0 Å². The van der Waals surface area contributed by atoms with Crippen molar-refractivity contribution in [3.8, 4) is 0 Å². The number of H-pyrrole nitrogens is 1. The number of benzene rings is 2. The van der Waals surface area contributed by atoms with Crippen molar-refractivity contribution in [2.24, 2.45) is 0 Å². The molecule has 1 aliphatic heterocycles. The topological polar surface area (TPSA) is 48.1 Å². The summed E-state index contributed by atoms with van der Waals surface area (Å²) in [6.07, 6.45) is 5.39. The average molecular weight is 396 g/mol. The van der Waals surface area contributed by atoms with Crippen LogP contribution in [0.15, 0.2) is 60.8 Å². The van der Waals surface area contributed by atoms with E-state index in [-0.39, 0.29) is 24.4 Å². The molecule has 4 nitrogen and oxygen atoms in total. The fourth-order valence-corrected chi connectivity index (χ4v) is 3.65. The van der Waals surface area contributed by atoms with Crippen molar-refractivity contribution in [3.05, 3.63) is 77.5 Å². The molecule has 1 aliphatic rings. The second-order valence-electron chi connectivity index (χ2n) is 7.31. The number of carbonyl (C=O) groups excluding carboxylic acids is 1. The molecule has 2 heterocycles. The number of amides is 1. The maximum Gasteiger partial charge on any atom is 0.251 e. The fraction of sp³-hybridized carbons (Fsp3) is 0.261. The maximum atomic E-state index is 12.8. The van der Waals surface area contributed by atoms with Gasteiger partial charge in [0.1, 0.15) is 0 Å². The smallest absolute Gasteiger partial charge is 0.251 e. The van der Waals surface area contributed by atoms with E-state index in [1.54, 1.807) is 0 Å². The van der Waals surface area contributed by atoms with Gasteiger partial charge in [-0.15, -0.1) is 12.4 Å². The fourth-order valence-electron chi connectivity index (χ4n) is 3.65. The molecule has 1 aromatic heterocycles. The molecule has 2 N–H and O–H groups in total. The standard InChI is InChI=1S/C23H25N3O.ClH/c1-16(17-6-4-3-5-7-17)25-23(27)19-8-9-22-20(14-19)21(15-24-22)18-10-12-26(2)13-11-18;/h3-10,14-16,24H,11-13H2,1-2H3,(H,25,27);1H. The Morgan fingerprint density at radius 2 is 1.96 bits per heavy atom. The Morgan fingerprint density at radius 3 is 2.68 bits per heavy atom. The van der Waals surface area contributed by atoms with E-state index >= 15 is 0 Å². The molecular weight excluding hydrogens is 370 g/mol. The first-order valence-electron chi connectivity index (χ1n) is 9.47. The zero-order chi connectivity index (χ0) is 18.8. The van der Waals surface area contributed by atoms with Gasteiger partial charge in [0.15, 0.2) is 0 Å². The minimum Gasteiger partial charge on any atom is -0.361 e. The van der Waals surface area contributed by atoms with Crippen molar-refractivity contribution in [3.63, 3.8) is 0 Å². The van der Waals surface area contributed by atoms with Gasteiger partial charge in [-0.2, -0.15) is 0 Å². The summed E-state index contributed by atoms with van der Waals surface area (Å²) in [5, 5.41) is 4.22. The lowest BCUT2D eigenvalue weighted by Gasteiger charge is -2.21. The largest absolute Gasteiger partial charge is 0.361 e. The van der Waals surface area contributed by atoms with Crippen LogP contribution in [0.3, 0.4) is 0 Å². The number of aromatic nitrogens is 1. The molecule has 28 heavy (non-hydrogen) atoms. The van der Waals surface area contributed by atoms with E-state index in [9.17, 15) is 4.79 Å². The first kappa shape index (κ1) is 20.2. The Bertz CT molecular complexity index is 994. The number of aromatic amines is 1. The average Bonchev–Trinajstić information content (AvgIpc) is 3.12. The number of hydrogen-bond donors (Lipinski definition) is 2. The molecule has 0 spiro atoms. The molecule has 1 amide bonds. The zero-order valence-corrected chi connectivity index (χ0v) is 17.1. The van der Waals surface area contributed by atoms with Crippen LogP contribution >= 0.6 is 12.4 Å². The van der Waals surface area contributed by atoms with E-state index in [1.165, 1.54) is 11.1 Å². The molecular formula is C23H26ClN3O. The summed E-state index contributed by atoms with van der Waals surface area (Å²) < 4.78 is 0. The monoisotopic (exact) mass is 395 g/mol. The zero-order valence-electron chi connectivity index (χ0n) is 16.2. The summed E-state index contributed by atoms with van der Waals surface area (Å²) in [4.78, 5) is 18.4. The van der Waals surface area contributed by atoms with Crippen LogP contribution in [0, 0.1) is 0 Å². The summed E-state index contributed by atoms with van der Waals surface area (Å²) in [5.74, 6) is -0.0437. The molecule has 2 aromatic carbocycles. The summed E-state index contributed by atoms with van der Waals surface area (Å²) in [6.45, 7) is 4.04. The van der Waals surface area contributed by atoms with Crippen molar-refractivity contribution >= 4 is 34.8 Å². The SMILES string of the molecule is CC(NC(=O)c1ccc2[nH]cc(C3=CCN(C)CC3)c2c1)c1ccccc1.Cl. The van der Waals surface area contributed by atoms with Crippen molar-refractivity contribution in [2.45, 2.75) is 19.4 Å². The van der Waals surface area contributed by atoms with Gasteiger partial charge in [0.25, 0.3) is 5.91 Å². The number of rotatable bonds is 4. The number of halogens is 1. The summed E-state index contributed by atoms with van der Waals surface area (Å²) in [5.41, 5.74) is 5.43. The predicted octanol–water partition coefficient (Wildman–Crippen LogP) is 4.80. The molecule has 1 atom stereocenters. The third-order valence-corrected chi connectivity index (χ3v) is 5.35. The van der Waals surface area contributed by atoms with Gasteiger partial charge in [0, 0.05) is 41.3 Å².